The van der Waals surface area contributed by atoms with E-state index in [9.17, 15) is 23.8 Å². The van der Waals surface area contributed by atoms with Crippen molar-refractivity contribution in [3.63, 3.8) is 0 Å². The monoisotopic (exact) mass is 347 g/mol. The maximum Gasteiger partial charge on any atom is 0.260 e. The van der Waals surface area contributed by atoms with Crippen LogP contribution in [0.25, 0.3) is 0 Å². The van der Waals surface area contributed by atoms with Gasteiger partial charge in [0.25, 0.3) is 5.91 Å². The van der Waals surface area contributed by atoms with Gasteiger partial charge in [-0.1, -0.05) is 18.2 Å². The number of amides is 1. The lowest BCUT2D eigenvalue weighted by Gasteiger charge is -2.27. The summed E-state index contributed by atoms with van der Waals surface area (Å²) >= 11 is 0. The van der Waals surface area contributed by atoms with Crippen molar-refractivity contribution in [1.82, 2.24) is 4.90 Å². The number of carbonyl (C=O) groups is 1. The Morgan fingerprint density at radius 3 is 2.60 bits per heavy atom. The number of phenols is 1. The van der Waals surface area contributed by atoms with E-state index in [0.29, 0.717) is 18.5 Å². The third-order valence-corrected chi connectivity index (χ3v) is 4.59. The molecule has 1 amide bonds. The van der Waals surface area contributed by atoms with Crippen LogP contribution in [-0.2, 0) is 0 Å². The Balaban J connectivity index is 1.76. The minimum absolute atomic E-state index is 0.270. The van der Waals surface area contributed by atoms with Crippen molar-refractivity contribution < 1.29 is 23.8 Å². The van der Waals surface area contributed by atoms with Crippen molar-refractivity contribution in [1.29, 1.82) is 0 Å². The molecule has 4 nitrogen and oxygen atoms in total. The van der Waals surface area contributed by atoms with Crippen molar-refractivity contribution in [3.05, 3.63) is 65.2 Å². The van der Waals surface area contributed by atoms with Gasteiger partial charge in [0.15, 0.2) is 0 Å². The Morgan fingerprint density at radius 1 is 1.20 bits per heavy atom. The molecule has 6 heteroatoms. The zero-order valence-corrected chi connectivity index (χ0v) is 13.5. The lowest BCUT2D eigenvalue weighted by molar-refractivity contribution is 0.0659. The second kappa shape index (κ2) is 7.19. The molecule has 132 valence electrons. The van der Waals surface area contributed by atoms with Gasteiger partial charge in [-0.05, 0) is 49.1 Å². The van der Waals surface area contributed by atoms with Gasteiger partial charge in [-0.3, -0.25) is 4.79 Å². The Kier molecular flexibility index (Phi) is 4.99. The minimum atomic E-state index is -0.854. The van der Waals surface area contributed by atoms with Crippen LogP contribution >= 0.6 is 0 Å². The van der Waals surface area contributed by atoms with Crippen LogP contribution in [-0.4, -0.2) is 33.6 Å². The lowest BCUT2D eigenvalue weighted by Crippen LogP contribution is -2.37. The number of carbonyl (C=O) groups excluding carboxylic acids is 1. The number of hydrogen-bond donors (Lipinski definition) is 2. The third-order valence-electron chi connectivity index (χ3n) is 4.59. The molecule has 2 aromatic carbocycles. The summed E-state index contributed by atoms with van der Waals surface area (Å²) in [5.41, 5.74) is 0.222. The number of phenolic OH excluding ortho intramolecular Hbond substituents is 1. The van der Waals surface area contributed by atoms with Crippen molar-refractivity contribution >= 4 is 5.91 Å². The molecule has 1 heterocycles. The standard InChI is InChI=1S/C19H19F2NO3/c20-13-8-6-12(7-9-13)17(24)11-14-3-2-10-22(14)19(25)18-15(21)4-1-5-16(18)23/h1,4-9,14,17,23-24H,2-3,10-11H2/t14-,17-/m1/s1. The van der Waals surface area contributed by atoms with Gasteiger partial charge in [-0.25, -0.2) is 8.78 Å². The van der Waals surface area contributed by atoms with Gasteiger partial charge < -0.3 is 15.1 Å². The number of halogens is 2. The van der Waals surface area contributed by atoms with Crippen LogP contribution in [0.15, 0.2) is 42.5 Å². The highest BCUT2D eigenvalue weighted by Crippen LogP contribution is 2.31. The van der Waals surface area contributed by atoms with Crippen molar-refractivity contribution in [2.45, 2.75) is 31.4 Å². The Bertz CT molecular complexity index is 744. The van der Waals surface area contributed by atoms with Crippen LogP contribution < -0.4 is 0 Å². The summed E-state index contributed by atoms with van der Waals surface area (Å²) in [5.74, 6) is -2.13. The van der Waals surface area contributed by atoms with E-state index in [1.165, 1.54) is 41.3 Å². The number of hydrogen-bond acceptors (Lipinski definition) is 3. The average molecular weight is 347 g/mol. The van der Waals surface area contributed by atoms with E-state index in [1.807, 2.05) is 0 Å². The SMILES string of the molecule is O=C(c1c(O)cccc1F)N1CCC[C@@H]1C[C@@H](O)c1ccc(F)cc1. The molecule has 0 aliphatic carbocycles. The van der Waals surface area contributed by atoms with Gasteiger partial charge in [0.05, 0.1) is 6.10 Å². The maximum atomic E-state index is 14.0. The molecule has 25 heavy (non-hydrogen) atoms. The van der Waals surface area contributed by atoms with Gasteiger partial charge >= 0.3 is 0 Å². The fourth-order valence-electron chi connectivity index (χ4n) is 3.29. The first-order valence-corrected chi connectivity index (χ1v) is 8.19. The summed E-state index contributed by atoms with van der Waals surface area (Å²) in [4.78, 5) is 14.1. The number of aromatic hydroxyl groups is 1. The molecule has 0 spiro atoms. The molecule has 3 rings (SSSR count). The highest BCUT2D eigenvalue weighted by molar-refractivity contribution is 5.97. The van der Waals surface area contributed by atoms with Gasteiger partial charge in [-0.15, -0.1) is 0 Å². The number of benzene rings is 2. The second-order valence-corrected chi connectivity index (χ2v) is 6.23. The van der Waals surface area contributed by atoms with Crippen LogP contribution in [0.1, 0.15) is 41.3 Å². The summed E-state index contributed by atoms with van der Waals surface area (Å²) in [7, 11) is 0. The van der Waals surface area contributed by atoms with Crippen molar-refractivity contribution in [2.24, 2.45) is 0 Å². The number of aliphatic hydroxyl groups excluding tert-OH is 1. The molecule has 2 N–H and O–H groups in total. The van der Waals surface area contributed by atoms with Crippen LogP contribution in [0.4, 0.5) is 8.78 Å². The molecule has 0 unspecified atom stereocenters. The fourth-order valence-corrected chi connectivity index (χ4v) is 3.29. The molecule has 1 aliphatic heterocycles. The molecule has 2 aromatic rings. The topological polar surface area (TPSA) is 60.8 Å². The van der Waals surface area contributed by atoms with E-state index in [0.717, 1.165) is 12.5 Å². The van der Waals surface area contributed by atoms with E-state index >= 15 is 0 Å². The number of nitrogens with zero attached hydrogens (tertiary/aromatic N) is 1. The van der Waals surface area contributed by atoms with Crippen LogP contribution in [0, 0.1) is 11.6 Å². The normalized spacial score (nSPS) is 18.4. The van der Waals surface area contributed by atoms with Crippen LogP contribution in [0.2, 0.25) is 0 Å². The van der Waals surface area contributed by atoms with Gasteiger partial charge in [0, 0.05) is 12.6 Å². The van der Waals surface area contributed by atoms with Crippen LogP contribution in [0.3, 0.4) is 0 Å². The molecule has 0 bridgehead atoms. The minimum Gasteiger partial charge on any atom is -0.507 e. The molecular formula is C19H19F2NO3. The van der Waals surface area contributed by atoms with Crippen molar-refractivity contribution in [3.8, 4) is 5.75 Å². The van der Waals surface area contributed by atoms with Gasteiger partial charge in [0.1, 0.15) is 22.9 Å². The zero-order chi connectivity index (χ0) is 18.0. The third kappa shape index (κ3) is 3.64. The highest BCUT2D eigenvalue weighted by atomic mass is 19.1. The molecule has 1 aliphatic rings. The lowest BCUT2D eigenvalue weighted by atomic mass is 10.00. The molecular weight excluding hydrogens is 328 g/mol. The van der Waals surface area contributed by atoms with Crippen molar-refractivity contribution in [2.75, 3.05) is 6.54 Å². The summed E-state index contributed by atoms with van der Waals surface area (Å²) in [5, 5.41) is 20.2. The Morgan fingerprint density at radius 2 is 1.92 bits per heavy atom. The van der Waals surface area contributed by atoms with E-state index in [2.05, 4.69) is 0 Å². The van der Waals surface area contributed by atoms with E-state index < -0.39 is 23.6 Å². The molecule has 2 atom stereocenters. The Labute approximate surface area is 144 Å². The van der Waals surface area contributed by atoms with E-state index in [4.69, 9.17) is 0 Å². The summed E-state index contributed by atoms with van der Waals surface area (Å²) in [6, 6.07) is 9.02. The first-order chi connectivity index (χ1) is 12.0. The van der Waals surface area contributed by atoms with Crippen LogP contribution in [0.5, 0.6) is 5.75 Å². The van der Waals surface area contributed by atoms with E-state index in [1.54, 1.807) is 0 Å². The average Bonchev–Trinajstić information content (AvgIpc) is 3.03. The quantitative estimate of drug-likeness (QED) is 0.891. The Hall–Kier alpha value is -2.47. The summed E-state index contributed by atoms with van der Waals surface area (Å²) in [6.07, 6.45) is 0.835. The smallest absolute Gasteiger partial charge is 0.260 e. The zero-order valence-electron chi connectivity index (χ0n) is 13.5. The second-order valence-electron chi connectivity index (χ2n) is 6.23. The fraction of sp³-hybridized carbons (Fsp3) is 0.316. The van der Waals surface area contributed by atoms with Gasteiger partial charge in [0.2, 0.25) is 0 Å². The molecule has 0 radical (unpaired) electrons. The predicted octanol–water partition coefficient (Wildman–Crippen LogP) is 3.40. The molecule has 0 saturated carbocycles. The van der Waals surface area contributed by atoms with E-state index in [-0.39, 0.29) is 23.8 Å². The van der Waals surface area contributed by atoms with Gasteiger partial charge in [-0.2, -0.15) is 0 Å². The number of aliphatic hydroxyl groups is 1. The molecule has 0 aromatic heterocycles. The summed E-state index contributed by atoms with van der Waals surface area (Å²) in [6.45, 7) is 0.438. The largest absolute Gasteiger partial charge is 0.507 e. The maximum absolute atomic E-state index is 14.0. The number of likely N-dealkylation sites (tertiary alicyclic amines) is 1. The summed E-state index contributed by atoms with van der Waals surface area (Å²) < 4.78 is 26.9. The molecule has 1 saturated heterocycles. The highest BCUT2D eigenvalue weighted by Gasteiger charge is 2.33. The molecule has 1 fully saturated rings. The first-order valence-electron chi connectivity index (χ1n) is 8.19. The predicted molar refractivity (Wildman–Crippen MR) is 88.1 cm³/mol. The number of rotatable bonds is 4. The first kappa shape index (κ1) is 17.4.